The summed E-state index contributed by atoms with van der Waals surface area (Å²) in [6.45, 7) is 2.26. The van der Waals surface area contributed by atoms with E-state index in [1.165, 1.54) is 10.9 Å². The van der Waals surface area contributed by atoms with Crippen LogP contribution >= 0.6 is 0 Å². The molecule has 0 amide bonds. The van der Waals surface area contributed by atoms with Gasteiger partial charge in [-0.25, -0.2) is 8.42 Å². The molecule has 0 fully saturated rings. The van der Waals surface area contributed by atoms with Crippen LogP contribution in [0.1, 0.15) is 12.8 Å². The minimum atomic E-state index is -3.23. The maximum Gasteiger partial charge on any atom is 0.190 e. The monoisotopic (exact) mass is 412 g/mol. The Kier molecular flexibility index (Phi) is 7.30. The van der Waals surface area contributed by atoms with Gasteiger partial charge in [-0.1, -0.05) is 36.4 Å². The van der Waals surface area contributed by atoms with Gasteiger partial charge in [-0.3, -0.25) is 4.99 Å². The fraction of sp³-hybridized carbons (Fsp3) is 0.318. The molecule has 0 aliphatic heterocycles. The fourth-order valence-corrected chi connectivity index (χ4v) is 4.56. The number of fused-ring (bicyclic) bond motifs is 1. The molecule has 6 nitrogen and oxygen atoms in total. The molecule has 1 heterocycles. The third-order valence-corrected chi connectivity index (χ3v) is 6.57. The number of rotatable bonds is 9. The van der Waals surface area contributed by atoms with Gasteiger partial charge in [-0.15, -0.1) is 0 Å². The molecule has 3 aromatic rings. The first kappa shape index (κ1) is 20.9. The highest BCUT2D eigenvalue weighted by Gasteiger charge is 2.13. The minimum Gasteiger partial charge on any atom is -0.356 e. The maximum atomic E-state index is 12.3. The van der Waals surface area contributed by atoms with Crippen LogP contribution in [0, 0.1) is 0 Å². The molecule has 2 aromatic carbocycles. The smallest absolute Gasteiger partial charge is 0.190 e. The van der Waals surface area contributed by atoms with E-state index < -0.39 is 9.84 Å². The Morgan fingerprint density at radius 1 is 0.931 bits per heavy atom. The molecule has 0 saturated heterocycles. The molecule has 1 aromatic heterocycles. The van der Waals surface area contributed by atoms with Gasteiger partial charge in [0.05, 0.1) is 10.6 Å². The van der Waals surface area contributed by atoms with Crippen LogP contribution in [-0.2, 0) is 16.4 Å². The summed E-state index contributed by atoms with van der Waals surface area (Å²) in [5.74, 6) is 0.807. The van der Waals surface area contributed by atoms with Crippen LogP contribution in [0.2, 0.25) is 0 Å². The normalized spacial score (nSPS) is 12.2. The van der Waals surface area contributed by atoms with E-state index in [0.717, 1.165) is 19.5 Å². The summed E-state index contributed by atoms with van der Waals surface area (Å²) in [6.07, 6.45) is 3.60. The Bertz CT molecular complexity index is 1040. The van der Waals surface area contributed by atoms with Gasteiger partial charge in [-0.05, 0) is 42.5 Å². The molecular formula is C22H28N4O2S. The summed E-state index contributed by atoms with van der Waals surface area (Å²) in [4.78, 5) is 4.58. The van der Waals surface area contributed by atoms with Crippen LogP contribution in [0.15, 0.2) is 76.7 Å². The molecule has 0 atom stereocenters. The van der Waals surface area contributed by atoms with E-state index in [1.807, 2.05) is 6.07 Å². The summed E-state index contributed by atoms with van der Waals surface area (Å²) < 4.78 is 26.8. The second kappa shape index (κ2) is 10.1. The van der Waals surface area contributed by atoms with Gasteiger partial charge in [0.15, 0.2) is 15.8 Å². The van der Waals surface area contributed by atoms with E-state index in [2.05, 4.69) is 56.7 Å². The number of hydrogen-bond donors (Lipinski definition) is 2. The van der Waals surface area contributed by atoms with Gasteiger partial charge in [0.25, 0.3) is 0 Å². The van der Waals surface area contributed by atoms with Gasteiger partial charge in [0.2, 0.25) is 0 Å². The van der Waals surface area contributed by atoms with Crippen molar-refractivity contribution in [2.75, 3.05) is 25.9 Å². The maximum absolute atomic E-state index is 12.3. The number of aryl methyl sites for hydroxylation is 1. The molecule has 0 spiro atoms. The van der Waals surface area contributed by atoms with Gasteiger partial charge >= 0.3 is 0 Å². The summed E-state index contributed by atoms with van der Waals surface area (Å²) in [5, 5.41) is 7.72. The number of sulfone groups is 1. The lowest BCUT2D eigenvalue weighted by molar-refractivity contribution is 0.592. The zero-order chi connectivity index (χ0) is 20.5. The molecule has 0 aliphatic rings. The number of nitrogens with one attached hydrogen (secondary N) is 2. The van der Waals surface area contributed by atoms with Crippen molar-refractivity contribution in [1.29, 1.82) is 0 Å². The zero-order valence-electron chi connectivity index (χ0n) is 16.7. The zero-order valence-corrected chi connectivity index (χ0v) is 17.5. The van der Waals surface area contributed by atoms with Crippen molar-refractivity contribution in [2.24, 2.45) is 4.99 Å². The molecule has 0 saturated carbocycles. The first-order valence-corrected chi connectivity index (χ1v) is 11.5. The first-order chi connectivity index (χ1) is 14.1. The van der Waals surface area contributed by atoms with Crippen molar-refractivity contribution in [3.63, 3.8) is 0 Å². The van der Waals surface area contributed by atoms with Crippen LogP contribution in [0.5, 0.6) is 0 Å². The Labute approximate surface area is 172 Å². The number of aromatic nitrogens is 1. The molecule has 7 heteroatoms. The second-order valence-electron chi connectivity index (χ2n) is 6.83. The Balaban J connectivity index is 1.36. The summed E-state index contributed by atoms with van der Waals surface area (Å²) in [6, 6.07) is 19.1. The van der Waals surface area contributed by atoms with Gasteiger partial charge in [-0.2, -0.15) is 0 Å². The van der Waals surface area contributed by atoms with Crippen molar-refractivity contribution < 1.29 is 8.42 Å². The molecule has 0 aliphatic carbocycles. The predicted octanol–water partition coefficient (Wildman–Crippen LogP) is 3.06. The predicted molar refractivity (Wildman–Crippen MR) is 119 cm³/mol. The lowest BCUT2D eigenvalue weighted by atomic mass is 10.2. The number of guanidine groups is 1. The molecule has 154 valence electrons. The van der Waals surface area contributed by atoms with E-state index >= 15 is 0 Å². The molecule has 29 heavy (non-hydrogen) atoms. The van der Waals surface area contributed by atoms with E-state index in [4.69, 9.17) is 0 Å². The SMILES string of the molecule is CN=C(NCCCn1ccc2ccccc21)NCCCS(=O)(=O)c1ccccc1. The van der Waals surface area contributed by atoms with Crippen molar-refractivity contribution in [1.82, 2.24) is 15.2 Å². The van der Waals surface area contributed by atoms with E-state index in [0.29, 0.717) is 23.8 Å². The number of benzene rings is 2. The van der Waals surface area contributed by atoms with Crippen LogP contribution in [-0.4, -0.2) is 44.8 Å². The summed E-state index contributed by atoms with van der Waals surface area (Å²) >= 11 is 0. The molecule has 0 bridgehead atoms. The standard InChI is InChI=1S/C22H28N4O2S/c1-23-22(25-15-8-18-29(27,28)20-10-3-2-4-11-20)24-14-7-16-26-17-13-19-9-5-6-12-21(19)26/h2-6,9-13,17H,7-8,14-16,18H2,1H3,(H2,23,24,25). The average Bonchev–Trinajstić information content (AvgIpc) is 3.16. The van der Waals surface area contributed by atoms with E-state index in [9.17, 15) is 8.42 Å². The number of hydrogen-bond acceptors (Lipinski definition) is 3. The van der Waals surface area contributed by atoms with Crippen LogP contribution in [0.4, 0.5) is 0 Å². The Hall–Kier alpha value is -2.80. The van der Waals surface area contributed by atoms with Crippen LogP contribution in [0.3, 0.4) is 0 Å². The van der Waals surface area contributed by atoms with Crippen molar-refractivity contribution in [3.05, 3.63) is 66.9 Å². The molecule has 2 N–H and O–H groups in total. The third-order valence-electron chi connectivity index (χ3n) is 4.76. The Morgan fingerprint density at radius 2 is 1.62 bits per heavy atom. The van der Waals surface area contributed by atoms with Gasteiger partial charge in [0, 0.05) is 38.4 Å². The fourth-order valence-electron chi connectivity index (χ4n) is 3.23. The quantitative estimate of drug-likeness (QED) is 0.322. The lowest BCUT2D eigenvalue weighted by Gasteiger charge is -2.12. The van der Waals surface area contributed by atoms with E-state index in [-0.39, 0.29) is 5.75 Å². The summed E-state index contributed by atoms with van der Waals surface area (Å²) in [5.41, 5.74) is 1.25. The number of aliphatic imine (C=N–C) groups is 1. The van der Waals surface area contributed by atoms with Gasteiger partial charge < -0.3 is 15.2 Å². The van der Waals surface area contributed by atoms with Crippen LogP contribution in [0.25, 0.3) is 10.9 Å². The molecular weight excluding hydrogens is 384 g/mol. The third kappa shape index (κ3) is 5.84. The Morgan fingerprint density at radius 3 is 2.38 bits per heavy atom. The average molecular weight is 413 g/mol. The van der Waals surface area contributed by atoms with Crippen molar-refractivity contribution in [2.45, 2.75) is 24.3 Å². The van der Waals surface area contributed by atoms with Crippen molar-refractivity contribution in [3.8, 4) is 0 Å². The highest BCUT2D eigenvalue weighted by molar-refractivity contribution is 7.91. The molecule has 0 unspecified atom stereocenters. The number of para-hydroxylation sites is 1. The molecule has 0 radical (unpaired) electrons. The number of nitrogens with zero attached hydrogens (tertiary/aromatic N) is 2. The largest absolute Gasteiger partial charge is 0.356 e. The highest BCUT2D eigenvalue weighted by Crippen LogP contribution is 2.15. The summed E-state index contributed by atoms with van der Waals surface area (Å²) in [7, 11) is -1.51. The highest BCUT2D eigenvalue weighted by atomic mass is 32.2. The van der Waals surface area contributed by atoms with Crippen LogP contribution < -0.4 is 10.6 Å². The lowest BCUT2D eigenvalue weighted by Crippen LogP contribution is -2.38. The van der Waals surface area contributed by atoms with Crippen molar-refractivity contribution >= 4 is 26.7 Å². The topological polar surface area (TPSA) is 75.5 Å². The second-order valence-corrected chi connectivity index (χ2v) is 8.94. The van der Waals surface area contributed by atoms with E-state index in [1.54, 1.807) is 31.3 Å². The van der Waals surface area contributed by atoms with Gasteiger partial charge in [0.1, 0.15) is 0 Å². The minimum absolute atomic E-state index is 0.113. The first-order valence-electron chi connectivity index (χ1n) is 9.86. The molecule has 3 rings (SSSR count).